The number of rotatable bonds is 8. The van der Waals surface area contributed by atoms with Gasteiger partial charge >= 0.3 is 5.97 Å². The van der Waals surface area contributed by atoms with Gasteiger partial charge in [-0.3, -0.25) is 4.79 Å². The van der Waals surface area contributed by atoms with Crippen molar-refractivity contribution in [3.8, 4) is 10.4 Å². The van der Waals surface area contributed by atoms with Crippen molar-refractivity contribution in [2.24, 2.45) is 0 Å². The summed E-state index contributed by atoms with van der Waals surface area (Å²) < 4.78 is 6.85. The van der Waals surface area contributed by atoms with Gasteiger partial charge in [-0.05, 0) is 42.6 Å². The lowest BCUT2D eigenvalue weighted by molar-refractivity contribution is -0.113. The van der Waals surface area contributed by atoms with Crippen LogP contribution in [-0.4, -0.2) is 44.4 Å². The molecule has 11 heteroatoms. The normalized spacial score (nSPS) is 11.0. The van der Waals surface area contributed by atoms with Gasteiger partial charge in [0.2, 0.25) is 11.1 Å². The molecule has 0 fully saturated rings. The number of nitrogens with zero attached hydrogens (tertiary/aromatic N) is 4. The molecule has 3 aromatic heterocycles. The number of carbonyl (C=O) groups is 2. The largest absolute Gasteiger partial charge is 0.462 e. The summed E-state index contributed by atoms with van der Waals surface area (Å²) in [6.07, 6.45) is 0. The minimum atomic E-state index is -0.446. The van der Waals surface area contributed by atoms with Crippen LogP contribution in [0.5, 0.6) is 0 Å². The van der Waals surface area contributed by atoms with Crippen LogP contribution in [0.15, 0.2) is 28.0 Å². The zero-order chi connectivity index (χ0) is 20.1. The van der Waals surface area contributed by atoms with Gasteiger partial charge in [0.05, 0.1) is 18.4 Å². The second-order valence-electron chi connectivity index (χ2n) is 5.89. The number of amides is 1. The van der Waals surface area contributed by atoms with Crippen LogP contribution < -0.4 is 5.32 Å². The lowest BCUT2D eigenvalue weighted by Gasteiger charge is -2.09. The Morgan fingerprint density at radius 1 is 1.36 bits per heavy atom. The molecule has 148 valence electrons. The van der Waals surface area contributed by atoms with Crippen molar-refractivity contribution in [2.75, 3.05) is 17.7 Å². The van der Waals surface area contributed by atoms with E-state index in [0.717, 1.165) is 10.4 Å². The minimum absolute atomic E-state index is 0.0987. The van der Waals surface area contributed by atoms with Gasteiger partial charge in [-0.2, -0.15) is 0 Å². The fourth-order valence-electron chi connectivity index (χ4n) is 2.37. The van der Waals surface area contributed by atoms with E-state index in [9.17, 15) is 9.59 Å². The topological polar surface area (TPSA) is 99.0 Å². The Balaban J connectivity index is 1.75. The van der Waals surface area contributed by atoms with Crippen LogP contribution in [0.4, 0.5) is 5.00 Å². The van der Waals surface area contributed by atoms with Gasteiger partial charge in [-0.25, -0.2) is 9.48 Å². The highest BCUT2D eigenvalue weighted by atomic mass is 32.2. The fraction of sp³-hybridized carbons (Fsp3) is 0.353. The molecular weight excluding hydrogens is 418 g/mol. The summed E-state index contributed by atoms with van der Waals surface area (Å²) in [7, 11) is 0. The van der Waals surface area contributed by atoms with Gasteiger partial charge < -0.3 is 10.1 Å². The van der Waals surface area contributed by atoms with E-state index in [-0.39, 0.29) is 24.3 Å². The van der Waals surface area contributed by atoms with E-state index in [4.69, 9.17) is 4.74 Å². The molecule has 0 saturated carbocycles. The first kappa shape index (κ1) is 20.5. The Bertz CT molecular complexity index is 949. The molecule has 0 spiro atoms. The van der Waals surface area contributed by atoms with E-state index in [1.165, 1.54) is 34.4 Å². The molecule has 3 heterocycles. The van der Waals surface area contributed by atoms with Gasteiger partial charge in [0.15, 0.2) is 0 Å². The van der Waals surface area contributed by atoms with Crippen LogP contribution in [0.25, 0.3) is 10.4 Å². The van der Waals surface area contributed by atoms with Crippen LogP contribution in [0, 0.1) is 0 Å². The summed E-state index contributed by atoms with van der Waals surface area (Å²) >= 11 is 4.08. The molecule has 0 atom stereocenters. The summed E-state index contributed by atoms with van der Waals surface area (Å²) in [5.41, 5.74) is 1.16. The molecule has 28 heavy (non-hydrogen) atoms. The maximum absolute atomic E-state index is 12.5. The van der Waals surface area contributed by atoms with E-state index in [2.05, 4.69) is 20.8 Å². The van der Waals surface area contributed by atoms with Gasteiger partial charge in [0.1, 0.15) is 10.6 Å². The van der Waals surface area contributed by atoms with E-state index in [0.29, 0.717) is 15.7 Å². The van der Waals surface area contributed by atoms with Crippen molar-refractivity contribution in [1.29, 1.82) is 0 Å². The first-order valence-corrected chi connectivity index (χ1v) is 11.3. The van der Waals surface area contributed by atoms with Crippen LogP contribution in [0.2, 0.25) is 0 Å². The molecule has 3 aromatic rings. The third-order valence-corrected chi connectivity index (χ3v) is 6.33. The van der Waals surface area contributed by atoms with Crippen LogP contribution in [0.1, 0.15) is 37.2 Å². The predicted octanol–water partition coefficient (Wildman–Crippen LogP) is 3.95. The number of carbonyl (C=O) groups excluding carboxylic acids is 2. The first-order valence-electron chi connectivity index (χ1n) is 8.54. The molecule has 1 N–H and O–H groups in total. The number of hydrogen-bond acceptors (Lipinski definition) is 9. The van der Waals surface area contributed by atoms with Crippen molar-refractivity contribution in [1.82, 2.24) is 20.2 Å². The highest BCUT2D eigenvalue weighted by Crippen LogP contribution is 2.38. The number of aromatic nitrogens is 4. The molecule has 0 bridgehead atoms. The molecule has 0 aliphatic carbocycles. The smallest absolute Gasteiger partial charge is 0.341 e. The molecule has 1 amide bonds. The minimum Gasteiger partial charge on any atom is -0.462 e. The van der Waals surface area contributed by atoms with Gasteiger partial charge in [-0.15, -0.1) is 27.8 Å². The third kappa shape index (κ3) is 4.59. The van der Waals surface area contributed by atoms with Crippen molar-refractivity contribution in [3.05, 3.63) is 28.5 Å². The molecule has 0 unspecified atom stereocenters. The monoisotopic (exact) mass is 437 g/mol. The Morgan fingerprint density at radius 2 is 2.18 bits per heavy atom. The average Bonchev–Trinajstić information content (AvgIpc) is 3.39. The Hall–Kier alpha value is -2.24. The molecule has 3 rings (SSSR count). The van der Waals surface area contributed by atoms with E-state index >= 15 is 0 Å². The third-order valence-electron chi connectivity index (χ3n) is 3.59. The quantitative estimate of drug-likeness (QED) is 0.421. The van der Waals surface area contributed by atoms with Gasteiger partial charge in [0, 0.05) is 15.8 Å². The molecular formula is C17H19N5O3S3. The van der Waals surface area contributed by atoms with Crippen molar-refractivity contribution >= 4 is 51.3 Å². The summed E-state index contributed by atoms with van der Waals surface area (Å²) in [6, 6.07) is 3.95. The summed E-state index contributed by atoms with van der Waals surface area (Å²) in [5, 5.41) is 19.2. The van der Waals surface area contributed by atoms with Crippen molar-refractivity contribution in [3.63, 3.8) is 0 Å². The first-order chi connectivity index (χ1) is 13.5. The predicted molar refractivity (Wildman–Crippen MR) is 111 cm³/mol. The number of thioether (sulfide) groups is 1. The highest BCUT2D eigenvalue weighted by Gasteiger charge is 2.23. The highest BCUT2D eigenvalue weighted by molar-refractivity contribution is 7.99. The molecule has 0 aliphatic rings. The number of hydrogen-bond donors (Lipinski definition) is 1. The van der Waals surface area contributed by atoms with E-state index in [1.54, 1.807) is 11.6 Å². The lowest BCUT2D eigenvalue weighted by Crippen LogP contribution is -2.17. The number of nitrogens with one attached hydrogen (secondary N) is 1. The standard InChI is InChI=1S/C17H19N5O3S3/c1-4-25-16(24)14-11(12-6-5-7-26-12)8-27-15(14)18-13(23)9-28-17-19-20-21-22(17)10(2)3/h5-8,10H,4,9H2,1-3H3,(H,18,23). The van der Waals surface area contributed by atoms with Crippen molar-refractivity contribution in [2.45, 2.75) is 32.0 Å². The maximum Gasteiger partial charge on any atom is 0.341 e. The maximum atomic E-state index is 12.5. The number of ether oxygens (including phenoxy) is 1. The zero-order valence-corrected chi connectivity index (χ0v) is 18.0. The average molecular weight is 438 g/mol. The number of anilines is 1. The Labute approximate surface area is 174 Å². The molecule has 0 aliphatic heterocycles. The van der Waals surface area contributed by atoms with Crippen LogP contribution in [-0.2, 0) is 9.53 Å². The summed E-state index contributed by atoms with van der Waals surface area (Å²) in [4.78, 5) is 25.9. The molecule has 0 saturated heterocycles. The summed E-state index contributed by atoms with van der Waals surface area (Å²) in [5.74, 6) is -0.561. The molecule has 0 aromatic carbocycles. The SMILES string of the molecule is CCOC(=O)c1c(-c2cccs2)csc1NC(=O)CSc1nnnn1C(C)C. The number of esters is 1. The van der Waals surface area contributed by atoms with Crippen molar-refractivity contribution < 1.29 is 14.3 Å². The lowest BCUT2D eigenvalue weighted by atomic mass is 10.1. The Kier molecular flexibility index (Phi) is 6.81. The number of thiophene rings is 2. The second kappa shape index (κ2) is 9.30. The molecule has 0 radical (unpaired) electrons. The Morgan fingerprint density at radius 3 is 2.86 bits per heavy atom. The fourth-order valence-corrected chi connectivity index (χ4v) is 4.96. The van der Waals surface area contributed by atoms with E-state index in [1.807, 2.05) is 36.7 Å². The zero-order valence-electron chi connectivity index (χ0n) is 15.5. The number of tetrazole rings is 1. The van der Waals surface area contributed by atoms with Crippen LogP contribution >= 0.6 is 34.4 Å². The van der Waals surface area contributed by atoms with Crippen LogP contribution in [0.3, 0.4) is 0 Å². The molecule has 8 nitrogen and oxygen atoms in total. The van der Waals surface area contributed by atoms with E-state index < -0.39 is 5.97 Å². The second-order valence-corrected chi connectivity index (χ2v) is 8.66. The van der Waals surface area contributed by atoms with Gasteiger partial charge in [-0.1, -0.05) is 17.8 Å². The summed E-state index contributed by atoms with van der Waals surface area (Å²) in [6.45, 7) is 5.94. The van der Waals surface area contributed by atoms with Gasteiger partial charge in [0.25, 0.3) is 0 Å².